The highest BCUT2D eigenvalue weighted by Gasteiger charge is 2.12. The summed E-state index contributed by atoms with van der Waals surface area (Å²) in [5, 5.41) is 13.4. The largest absolute Gasteiger partial charge is 0.322 e. The number of benzene rings is 3. The molecule has 0 aliphatic carbocycles. The molecule has 0 atom stereocenters. The third kappa shape index (κ3) is 3.81. The standard InChI is InChI=1S/C20H14N2O4/c23-19(14-5-2-1-3-6-14)16-7-4-8-17(13-16)21-20(24)15-9-11-18(12-10-15)22(25)26/h1-13H,(H,21,24). The van der Waals surface area contributed by atoms with E-state index in [9.17, 15) is 19.7 Å². The first-order valence-electron chi connectivity index (χ1n) is 7.80. The molecular weight excluding hydrogens is 332 g/mol. The van der Waals surface area contributed by atoms with E-state index >= 15 is 0 Å². The number of nitro groups is 1. The van der Waals surface area contributed by atoms with Crippen LogP contribution in [0.25, 0.3) is 0 Å². The highest BCUT2D eigenvalue weighted by molar-refractivity contribution is 6.10. The zero-order valence-corrected chi connectivity index (χ0v) is 13.6. The highest BCUT2D eigenvalue weighted by atomic mass is 16.6. The molecule has 0 saturated heterocycles. The minimum absolute atomic E-state index is 0.0861. The number of ketones is 1. The van der Waals surface area contributed by atoms with Crippen LogP contribution in [0, 0.1) is 10.1 Å². The van der Waals surface area contributed by atoms with E-state index < -0.39 is 10.8 Å². The lowest BCUT2D eigenvalue weighted by Gasteiger charge is -2.07. The lowest BCUT2D eigenvalue weighted by molar-refractivity contribution is -0.384. The van der Waals surface area contributed by atoms with Gasteiger partial charge in [0.2, 0.25) is 0 Å². The van der Waals surface area contributed by atoms with Gasteiger partial charge in [-0.25, -0.2) is 0 Å². The Morgan fingerprint density at radius 2 is 1.42 bits per heavy atom. The average molecular weight is 346 g/mol. The van der Waals surface area contributed by atoms with Gasteiger partial charge in [-0.05, 0) is 24.3 Å². The lowest BCUT2D eigenvalue weighted by atomic mass is 10.0. The van der Waals surface area contributed by atoms with Crippen LogP contribution in [0.3, 0.4) is 0 Å². The molecule has 0 aliphatic heterocycles. The molecule has 6 nitrogen and oxygen atoms in total. The Morgan fingerprint density at radius 3 is 2.08 bits per heavy atom. The van der Waals surface area contributed by atoms with Crippen molar-refractivity contribution < 1.29 is 14.5 Å². The normalized spacial score (nSPS) is 10.2. The molecular formula is C20H14N2O4. The molecule has 0 heterocycles. The molecule has 0 spiro atoms. The van der Waals surface area contributed by atoms with Gasteiger partial charge in [-0.15, -0.1) is 0 Å². The summed E-state index contributed by atoms with van der Waals surface area (Å²) in [6.07, 6.45) is 0. The summed E-state index contributed by atoms with van der Waals surface area (Å²) in [6, 6.07) is 20.8. The topological polar surface area (TPSA) is 89.3 Å². The third-order valence-electron chi connectivity index (χ3n) is 3.76. The van der Waals surface area contributed by atoms with Crippen molar-refractivity contribution in [2.24, 2.45) is 0 Å². The van der Waals surface area contributed by atoms with Crippen LogP contribution < -0.4 is 5.32 Å². The summed E-state index contributed by atoms with van der Waals surface area (Å²) < 4.78 is 0. The SMILES string of the molecule is O=C(Nc1cccc(C(=O)c2ccccc2)c1)c1ccc([N+](=O)[O-])cc1. The Kier molecular flexibility index (Phi) is 4.85. The minimum atomic E-state index is -0.527. The third-order valence-corrected chi connectivity index (χ3v) is 3.76. The van der Waals surface area contributed by atoms with Gasteiger partial charge in [-0.2, -0.15) is 0 Å². The maximum absolute atomic E-state index is 12.5. The molecule has 128 valence electrons. The van der Waals surface area contributed by atoms with Crippen molar-refractivity contribution in [1.82, 2.24) is 0 Å². The zero-order chi connectivity index (χ0) is 18.5. The van der Waals surface area contributed by atoms with Crippen molar-refractivity contribution in [2.75, 3.05) is 5.32 Å². The molecule has 0 radical (unpaired) electrons. The molecule has 3 rings (SSSR count). The molecule has 0 aliphatic rings. The molecule has 3 aromatic rings. The van der Waals surface area contributed by atoms with Crippen molar-refractivity contribution in [1.29, 1.82) is 0 Å². The molecule has 0 saturated carbocycles. The number of hydrogen-bond donors (Lipinski definition) is 1. The first-order chi connectivity index (χ1) is 12.5. The number of nitro benzene ring substituents is 1. The van der Waals surface area contributed by atoms with Crippen LogP contribution in [-0.4, -0.2) is 16.6 Å². The van der Waals surface area contributed by atoms with Crippen molar-refractivity contribution in [3.63, 3.8) is 0 Å². The van der Waals surface area contributed by atoms with Gasteiger partial charge < -0.3 is 5.32 Å². The summed E-state index contributed by atoms with van der Waals surface area (Å²) in [6.45, 7) is 0. The van der Waals surface area contributed by atoms with Crippen molar-refractivity contribution in [3.8, 4) is 0 Å². The first kappa shape index (κ1) is 17.0. The van der Waals surface area contributed by atoms with E-state index in [0.29, 0.717) is 16.8 Å². The predicted molar refractivity (Wildman–Crippen MR) is 97.4 cm³/mol. The van der Waals surface area contributed by atoms with Gasteiger partial charge in [0.25, 0.3) is 11.6 Å². The Bertz CT molecular complexity index is 967. The predicted octanol–water partition coefficient (Wildman–Crippen LogP) is 4.08. The summed E-state index contributed by atoms with van der Waals surface area (Å²) in [4.78, 5) is 34.9. The van der Waals surface area contributed by atoms with Gasteiger partial charge in [0, 0.05) is 34.5 Å². The zero-order valence-electron chi connectivity index (χ0n) is 13.6. The number of carbonyl (C=O) groups excluding carboxylic acids is 2. The van der Waals surface area contributed by atoms with Crippen molar-refractivity contribution in [3.05, 3.63) is 106 Å². The number of carbonyl (C=O) groups is 2. The van der Waals surface area contributed by atoms with Crippen LogP contribution in [0.2, 0.25) is 0 Å². The van der Waals surface area contributed by atoms with E-state index in [1.165, 1.54) is 24.3 Å². The molecule has 0 bridgehead atoms. The number of non-ortho nitro benzene ring substituents is 1. The lowest BCUT2D eigenvalue weighted by Crippen LogP contribution is -2.12. The van der Waals surface area contributed by atoms with E-state index in [4.69, 9.17) is 0 Å². The van der Waals surface area contributed by atoms with Gasteiger partial charge >= 0.3 is 0 Å². The maximum Gasteiger partial charge on any atom is 0.269 e. The first-order valence-corrected chi connectivity index (χ1v) is 7.80. The second kappa shape index (κ2) is 7.40. The second-order valence-electron chi connectivity index (χ2n) is 5.53. The van der Waals surface area contributed by atoms with E-state index in [1.807, 2.05) is 6.07 Å². The van der Waals surface area contributed by atoms with Crippen LogP contribution in [0.15, 0.2) is 78.9 Å². The molecule has 0 fully saturated rings. The monoisotopic (exact) mass is 346 g/mol. The smallest absolute Gasteiger partial charge is 0.269 e. The Morgan fingerprint density at radius 1 is 0.769 bits per heavy atom. The maximum atomic E-state index is 12.5. The highest BCUT2D eigenvalue weighted by Crippen LogP contribution is 2.17. The Hall–Kier alpha value is -3.80. The number of amides is 1. The molecule has 0 aromatic heterocycles. The fraction of sp³-hybridized carbons (Fsp3) is 0. The molecule has 1 amide bonds. The van der Waals surface area contributed by atoms with Crippen LogP contribution in [0.5, 0.6) is 0 Å². The van der Waals surface area contributed by atoms with Crippen molar-refractivity contribution >= 4 is 23.1 Å². The number of nitrogens with zero attached hydrogens (tertiary/aromatic N) is 1. The fourth-order valence-electron chi connectivity index (χ4n) is 2.43. The van der Waals surface area contributed by atoms with Crippen LogP contribution in [0.1, 0.15) is 26.3 Å². The quantitative estimate of drug-likeness (QED) is 0.428. The molecule has 0 unspecified atom stereocenters. The second-order valence-corrected chi connectivity index (χ2v) is 5.53. The number of nitrogens with one attached hydrogen (secondary N) is 1. The van der Waals surface area contributed by atoms with Gasteiger partial charge in [0.1, 0.15) is 0 Å². The van der Waals surface area contributed by atoms with E-state index in [0.717, 1.165) is 0 Å². The van der Waals surface area contributed by atoms with Gasteiger partial charge in [-0.1, -0.05) is 42.5 Å². The summed E-state index contributed by atoms with van der Waals surface area (Å²) in [5.74, 6) is -0.554. The molecule has 26 heavy (non-hydrogen) atoms. The van der Waals surface area contributed by atoms with E-state index in [2.05, 4.69) is 5.32 Å². The van der Waals surface area contributed by atoms with E-state index in [-0.39, 0.29) is 17.0 Å². The average Bonchev–Trinajstić information content (AvgIpc) is 2.68. The summed E-state index contributed by atoms with van der Waals surface area (Å²) in [7, 11) is 0. The Balaban J connectivity index is 1.77. The molecule has 6 heteroatoms. The number of hydrogen-bond acceptors (Lipinski definition) is 4. The van der Waals surface area contributed by atoms with Gasteiger partial charge in [-0.3, -0.25) is 19.7 Å². The van der Waals surface area contributed by atoms with Crippen molar-refractivity contribution in [2.45, 2.75) is 0 Å². The van der Waals surface area contributed by atoms with Crippen LogP contribution in [-0.2, 0) is 0 Å². The summed E-state index contributed by atoms with van der Waals surface area (Å²) in [5.41, 5.74) is 1.69. The summed E-state index contributed by atoms with van der Waals surface area (Å²) >= 11 is 0. The molecule has 3 aromatic carbocycles. The fourth-order valence-corrected chi connectivity index (χ4v) is 2.43. The number of rotatable bonds is 5. The van der Waals surface area contributed by atoms with Gasteiger partial charge in [0.05, 0.1) is 4.92 Å². The molecule has 1 N–H and O–H groups in total. The van der Waals surface area contributed by atoms with Crippen LogP contribution >= 0.6 is 0 Å². The number of anilines is 1. The van der Waals surface area contributed by atoms with Gasteiger partial charge in [0.15, 0.2) is 5.78 Å². The van der Waals surface area contributed by atoms with E-state index in [1.54, 1.807) is 48.5 Å². The minimum Gasteiger partial charge on any atom is -0.322 e. The Labute approximate surface area is 149 Å². The van der Waals surface area contributed by atoms with Crippen LogP contribution in [0.4, 0.5) is 11.4 Å².